The number of hydrogen-bond acceptors (Lipinski definition) is 3. The summed E-state index contributed by atoms with van der Waals surface area (Å²) in [6.45, 7) is 13.5. The highest BCUT2D eigenvalue weighted by atomic mass is 127. The largest absolute Gasteiger partial charge is 0.370 e. The highest BCUT2D eigenvalue weighted by Crippen LogP contribution is 2.10. The normalized spacial score (nSPS) is 15.4. The third-order valence-corrected chi connectivity index (χ3v) is 4.40. The number of hydrogen-bond donors (Lipinski definition) is 2. The van der Waals surface area contributed by atoms with Crippen LogP contribution in [-0.4, -0.2) is 65.8 Å². The molecule has 28 heavy (non-hydrogen) atoms. The summed E-state index contributed by atoms with van der Waals surface area (Å²) in [4.78, 5) is 32.5. The number of piperazine rings is 1. The van der Waals surface area contributed by atoms with E-state index < -0.39 is 0 Å². The molecule has 0 bridgehead atoms. The van der Waals surface area contributed by atoms with Gasteiger partial charge in [-0.25, -0.2) is 0 Å². The van der Waals surface area contributed by atoms with Crippen molar-refractivity contribution in [2.24, 2.45) is 16.6 Å². The number of nitrogens with zero attached hydrogens (tertiary/aromatic N) is 3. The van der Waals surface area contributed by atoms with Gasteiger partial charge in [0.1, 0.15) is 0 Å². The Morgan fingerprint density at radius 1 is 1.00 bits per heavy atom. The Morgan fingerprint density at radius 2 is 1.54 bits per heavy atom. The highest BCUT2D eigenvalue weighted by Gasteiger charge is 2.23. The number of guanidine groups is 1. The monoisotopic (exact) mass is 509 g/mol. The molecule has 0 aliphatic carbocycles. The fourth-order valence-corrected chi connectivity index (χ4v) is 3.03. The number of unbranched alkanes of at least 4 members (excludes halogenated alkanes) is 2. The van der Waals surface area contributed by atoms with Gasteiger partial charge in [0.25, 0.3) is 0 Å². The summed E-state index contributed by atoms with van der Waals surface area (Å²) in [5.41, 5.74) is 5.75. The third-order valence-electron chi connectivity index (χ3n) is 4.40. The maximum Gasteiger partial charge on any atom is 0.222 e. The summed E-state index contributed by atoms with van der Waals surface area (Å²) in [7, 11) is 0. The van der Waals surface area contributed by atoms with Gasteiger partial charge in [0.05, 0.1) is 0 Å². The first kappa shape index (κ1) is 26.9. The van der Waals surface area contributed by atoms with Crippen molar-refractivity contribution in [2.45, 2.75) is 72.3 Å². The maximum atomic E-state index is 12.3. The number of nitrogens with two attached hydrogens (primary N) is 1. The Balaban J connectivity index is 0.00000729. The van der Waals surface area contributed by atoms with Crippen LogP contribution in [0.15, 0.2) is 4.99 Å². The highest BCUT2D eigenvalue weighted by molar-refractivity contribution is 14.0. The maximum absolute atomic E-state index is 12.3. The molecule has 0 aromatic heterocycles. The minimum atomic E-state index is -0.0799. The van der Waals surface area contributed by atoms with E-state index in [0.29, 0.717) is 57.4 Å². The lowest BCUT2D eigenvalue weighted by atomic mass is 10.1. The van der Waals surface area contributed by atoms with E-state index in [2.05, 4.69) is 24.2 Å². The Labute approximate surface area is 187 Å². The van der Waals surface area contributed by atoms with Gasteiger partial charge in [0, 0.05) is 51.1 Å². The van der Waals surface area contributed by atoms with Crippen LogP contribution >= 0.6 is 24.0 Å². The van der Waals surface area contributed by atoms with E-state index in [1.54, 1.807) is 0 Å². The minimum Gasteiger partial charge on any atom is -0.370 e. The van der Waals surface area contributed by atoms with Gasteiger partial charge in [-0.05, 0) is 39.5 Å². The SMILES string of the molecule is CC(C)CC(=O)N1CCN(C(=O)CCCCCN=C(N)NC(C)(C)C)CC1.I. The standard InChI is InChI=1S/C20H39N5O2.HI/c1-16(2)15-18(27)25-13-11-24(12-14-25)17(26)9-7-6-8-10-22-19(21)23-20(3,4)5;/h16H,6-15H2,1-5H3,(H3,21,22,23);1H. The van der Waals surface area contributed by atoms with Crippen LogP contribution in [0, 0.1) is 5.92 Å². The predicted octanol–water partition coefficient (Wildman–Crippen LogP) is 2.58. The molecular formula is C20H40IN5O2. The number of rotatable bonds is 8. The average Bonchev–Trinajstić information content (AvgIpc) is 2.55. The fraction of sp³-hybridized carbons (Fsp3) is 0.850. The zero-order valence-corrected chi connectivity index (χ0v) is 20.6. The first-order valence-electron chi connectivity index (χ1n) is 10.2. The van der Waals surface area contributed by atoms with Crippen molar-refractivity contribution in [3.05, 3.63) is 0 Å². The van der Waals surface area contributed by atoms with Crippen molar-refractivity contribution in [3.8, 4) is 0 Å². The van der Waals surface area contributed by atoms with Gasteiger partial charge in [-0.1, -0.05) is 20.3 Å². The van der Waals surface area contributed by atoms with Crippen LogP contribution in [0.3, 0.4) is 0 Å². The van der Waals surface area contributed by atoms with Crippen LogP contribution in [-0.2, 0) is 9.59 Å². The molecule has 1 aliphatic heterocycles. The molecule has 0 unspecified atom stereocenters. The van der Waals surface area contributed by atoms with E-state index in [4.69, 9.17) is 5.73 Å². The molecule has 0 spiro atoms. The second-order valence-electron chi connectivity index (χ2n) is 8.81. The number of nitrogens with one attached hydrogen (secondary N) is 1. The minimum absolute atomic E-state index is 0. The Kier molecular flexibility index (Phi) is 12.7. The summed E-state index contributed by atoms with van der Waals surface area (Å²) in [5, 5.41) is 3.13. The number of carbonyl (C=O) groups is 2. The second-order valence-corrected chi connectivity index (χ2v) is 8.81. The van der Waals surface area contributed by atoms with Crippen LogP contribution in [0.2, 0.25) is 0 Å². The van der Waals surface area contributed by atoms with Crippen molar-refractivity contribution >= 4 is 41.8 Å². The molecule has 1 rings (SSSR count). The van der Waals surface area contributed by atoms with Gasteiger partial charge in [0.2, 0.25) is 11.8 Å². The molecule has 1 saturated heterocycles. The summed E-state index contributed by atoms with van der Waals surface area (Å²) in [6.07, 6.45) is 3.92. The molecule has 2 amide bonds. The Hall–Kier alpha value is -1.06. The number of carbonyl (C=O) groups excluding carboxylic acids is 2. The van der Waals surface area contributed by atoms with Crippen LogP contribution < -0.4 is 11.1 Å². The molecule has 1 aliphatic rings. The van der Waals surface area contributed by atoms with Crippen molar-refractivity contribution in [3.63, 3.8) is 0 Å². The zero-order chi connectivity index (χ0) is 20.4. The van der Waals surface area contributed by atoms with E-state index in [1.165, 1.54) is 0 Å². The summed E-state index contributed by atoms with van der Waals surface area (Å²) in [5.74, 6) is 1.26. The molecule has 0 atom stereocenters. The molecule has 7 nitrogen and oxygen atoms in total. The van der Waals surface area contributed by atoms with Gasteiger partial charge >= 0.3 is 0 Å². The Bertz CT molecular complexity index is 509. The molecular weight excluding hydrogens is 469 g/mol. The Morgan fingerprint density at radius 3 is 2.04 bits per heavy atom. The summed E-state index contributed by atoms with van der Waals surface area (Å²) < 4.78 is 0. The smallest absolute Gasteiger partial charge is 0.222 e. The quantitative estimate of drug-likeness (QED) is 0.228. The van der Waals surface area contributed by atoms with Crippen LogP contribution in [0.25, 0.3) is 0 Å². The van der Waals surface area contributed by atoms with Gasteiger partial charge in [-0.15, -0.1) is 24.0 Å². The number of aliphatic imine (C=N–C) groups is 1. The van der Waals surface area contributed by atoms with Gasteiger partial charge in [-0.2, -0.15) is 0 Å². The number of halogens is 1. The molecule has 1 heterocycles. The molecule has 0 aromatic rings. The molecule has 0 saturated carbocycles. The van der Waals surface area contributed by atoms with Crippen LogP contribution in [0.4, 0.5) is 0 Å². The van der Waals surface area contributed by atoms with Crippen molar-refractivity contribution in [2.75, 3.05) is 32.7 Å². The van der Waals surface area contributed by atoms with E-state index >= 15 is 0 Å². The molecule has 164 valence electrons. The van der Waals surface area contributed by atoms with E-state index in [0.717, 1.165) is 19.3 Å². The average molecular weight is 509 g/mol. The van der Waals surface area contributed by atoms with E-state index in [9.17, 15) is 9.59 Å². The van der Waals surface area contributed by atoms with Crippen molar-refractivity contribution in [1.29, 1.82) is 0 Å². The molecule has 0 radical (unpaired) electrons. The van der Waals surface area contributed by atoms with Gasteiger partial charge in [0.15, 0.2) is 5.96 Å². The second kappa shape index (κ2) is 13.2. The summed E-state index contributed by atoms with van der Waals surface area (Å²) >= 11 is 0. The third kappa shape index (κ3) is 11.7. The van der Waals surface area contributed by atoms with Gasteiger partial charge in [-0.3, -0.25) is 14.6 Å². The van der Waals surface area contributed by atoms with E-state index in [-0.39, 0.29) is 41.3 Å². The summed E-state index contributed by atoms with van der Waals surface area (Å²) in [6, 6.07) is 0. The number of amides is 2. The fourth-order valence-electron chi connectivity index (χ4n) is 3.03. The van der Waals surface area contributed by atoms with E-state index in [1.807, 2.05) is 30.6 Å². The van der Waals surface area contributed by atoms with Crippen molar-refractivity contribution in [1.82, 2.24) is 15.1 Å². The molecule has 3 N–H and O–H groups in total. The molecule has 8 heteroatoms. The first-order valence-corrected chi connectivity index (χ1v) is 10.2. The molecule has 0 aromatic carbocycles. The lowest BCUT2D eigenvalue weighted by Gasteiger charge is -2.35. The zero-order valence-electron chi connectivity index (χ0n) is 18.3. The van der Waals surface area contributed by atoms with Crippen LogP contribution in [0.5, 0.6) is 0 Å². The topological polar surface area (TPSA) is 91.0 Å². The molecule has 1 fully saturated rings. The van der Waals surface area contributed by atoms with Gasteiger partial charge < -0.3 is 20.9 Å². The predicted molar refractivity (Wildman–Crippen MR) is 126 cm³/mol. The lowest BCUT2D eigenvalue weighted by Crippen LogP contribution is -2.50. The lowest BCUT2D eigenvalue weighted by molar-refractivity contribution is -0.140. The first-order chi connectivity index (χ1) is 12.6. The van der Waals surface area contributed by atoms with Crippen molar-refractivity contribution < 1.29 is 9.59 Å². The van der Waals surface area contributed by atoms with Crippen LogP contribution in [0.1, 0.15) is 66.7 Å².